The monoisotopic (exact) mass is 316 g/mol. The normalized spacial score (nSPS) is 21.2. The first-order valence-corrected chi connectivity index (χ1v) is 8.37. The van der Waals surface area contributed by atoms with E-state index in [2.05, 4.69) is 5.32 Å². The molecule has 2 aliphatic rings. The number of ether oxygens (including phenoxy) is 1. The van der Waals surface area contributed by atoms with Crippen molar-refractivity contribution in [3.63, 3.8) is 0 Å². The molecule has 1 atom stereocenters. The Labute approximate surface area is 137 Å². The number of methoxy groups -OCH3 is 1. The zero-order valence-corrected chi connectivity index (χ0v) is 13.6. The van der Waals surface area contributed by atoms with Crippen molar-refractivity contribution in [1.29, 1.82) is 0 Å². The maximum atomic E-state index is 12.1. The second-order valence-corrected chi connectivity index (χ2v) is 6.48. The average molecular weight is 316 g/mol. The lowest BCUT2D eigenvalue weighted by molar-refractivity contribution is -0.128. The van der Waals surface area contributed by atoms with Crippen LogP contribution in [0.1, 0.15) is 31.2 Å². The summed E-state index contributed by atoms with van der Waals surface area (Å²) in [4.78, 5) is 25.9. The minimum absolute atomic E-state index is 0.0218. The van der Waals surface area contributed by atoms with Crippen LogP contribution in [0.4, 0.5) is 0 Å². The fraction of sp³-hybridized carbons (Fsp3) is 0.556. The smallest absolute Gasteiger partial charge is 0.224 e. The van der Waals surface area contributed by atoms with Gasteiger partial charge in [0.15, 0.2) is 0 Å². The minimum atomic E-state index is -0.0218. The Bertz CT molecular complexity index is 566. The van der Waals surface area contributed by atoms with Crippen LogP contribution in [-0.4, -0.2) is 43.0 Å². The van der Waals surface area contributed by atoms with Crippen molar-refractivity contribution in [1.82, 2.24) is 10.2 Å². The van der Waals surface area contributed by atoms with E-state index in [0.717, 1.165) is 31.4 Å². The van der Waals surface area contributed by atoms with Crippen LogP contribution in [0.5, 0.6) is 5.75 Å². The first-order chi connectivity index (χ1) is 11.2. The van der Waals surface area contributed by atoms with Gasteiger partial charge in [0.25, 0.3) is 0 Å². The third-order valence-electron chi connectivity index (χ3n) is 4.87. The fourth-order valence-corrected chi connectivity index (χ4v) is 3.13. The first-order valence-electron chi connectivity index (χ1n) is 8.37. The molecule has 1 saturated heterocycles. The van der Waals surface area contributed by atoms with Crippen LogP contribution in [-0.2, 0) is 16.0 Å². The van der Waals surface area contributed by atoms with Gasteiger partial charge in [-0.05, 0) is 37.0 Å². The highest BCUT2D eigenvalue weighted by Gasteiger charge is 2.33. The SMILES string of the molecule is COc1ccc(CCN2C[C@H](NC(=O)C3CCC3)CC2=O)cc1. The number of hydrogen-bond acceptors (Lipinski definition) is 3. The summed E-state index contributed by atoms with van der Waals surface area (Å²) in [5, 5.41) is 3.04. The molecule has 1 saturated carbocycles. The molecular formula is C18H24N2O3. The van der Waals surface area contributed by atoms with E-state index < -0.39 is 0 Å². The quantitative estimate of drug-likeness (QED) is 0.870. The zero-order chi connectivity index (χ0) is 16.2. The molecule has 0 bridgehead atoms. The predicted octanol–water partition coefficient (Wildman–Crippen LogP) is 1.75. The molecule has 5 heteroatoms. The van der Waals surface area contributed by atoms with Gasteiger partial charge in [-0.3, -0.25) is 9.59 Å². The Balaban J connectivity index is 1.46. The number of amides is 2. The summed E-state index contributed by atoms with van der Waals surface area (Å²) in [6.45, 7) is 1.33. The van der Waals surface area contributed by atoms with Gasteiger partial charge in [0, 0.05) is 25.4 Å². The fourth-order valence-electron chi connectivity index (χ4n) is 3.13. The molecule has 2 fully saturated rings. The lowest BCUT2D eigenvalue weighted by Crippen LogP contribution is -2.42. The summed E-state index contributed by atoms with van der Waals surface area (Å²) in [6, 6.07) is 7.89. The second-order valence-electron chi connectivity index (χ2n) is 6.48. The number of rotatable bonds is 6. The lowest BCUT2D eigenvalue weighted by Gasteiger charge is -2.26. The van der Waals surface area contributed by atoms with Crippen LogP contribution >= 0.6 is 0 Å². The zero-order valence-electron chi connectivity index (χ0n) is 13.6. The van der Waals surface area contributed by atoms with Crippen LogP contribution in [0.25, 0.3) is 0 Å². The molecule has 1 aliphatic heterocycles. The van der Waals surface area contributed by atoms with E-state index >= 15 is 0 Å². The molecule has 5 nitrogen and oxygen atoms in total. The van der Waals surface area contributed by atoms with Crippen molar-refractivity contribution in [3.8, 4) is 5.75 Å². The Morgan fingerprint density at radius 1 is 1.30 bits per heavy atom. The summed E-state index contributed by atoms with van der Waals surface area (Å²) < 4.78 is 5.14. The molecule has 1 heterocycles. The summed E-state index contributed by atoms with van der Waals surface area (Å²) in [5.74, 6) is 1.28. The van der Waals surface area contributed by atoms with Crippen LogP contribution < -0.4 is 10.1 Å². The molecule has 1 aromatic carbocycles. The number of carbonyl (C=O) groups is 2. The van der Waals surface area contributed by atoms with Gasteiger partial charge >= 0.3 is 0 Å². The van der Waals surface area contributed by atoms with E-state index in [4.69, 9.17) is 4.74 Å². The van der Waals surface area contributed by atoms with Gasteiger partial charge in [0.05, 0.1) is 13.2 Å². The van der Waals surface area contributed by atoms with E-state index in [1.54, 1.807) is 7.11 Å². The van der Waals surface area contributed by atoms with E-state index in [1.807, 2.05) is 29.2 Å². The molecule has 0 spiro atoms. The molecular weight excluding hydrogens is 292 g/mol. The molecule has 3 rings (SSSR count). The molecule has 2 amide bonds. The minimum Gasteiger partial charge on any atom is -0.497 e. The number of nitrogens with zero attached hydrogens (tertiary/aromatic N) is 1. The van der Waals surface area contributed by atoms with E-state index in [9.17, 15) is 9.59 Å². The Hall–Kier alpha value is -2.04. The number of nitrogens with one attached hydrogen (secondary N) is 1. The van der Waals surface area contributed by atoms with Gasteiger partial charge < -0.3 is 15.0 Å². The molecule has 1 aliphatic carbocycles. The molecule has 0 aromatic heterocycles. The Morgan fingerprint density at radius 2 is 2.04 bits per heavy atom. The van der Waals surface area contributed by atoms with Gasteiger partial charge in [-0.1, -0.05) is 18.6 Å². The molecule has 23 heavy (non-hydrogen) atoms. The van der Waals surface area contributed by atoms with Crippen molar-refractivity contribution < 1.29 is 14.3 Å². The van der Waals surface area contributed by atoms with Crippen LogP contribution in [0, 0.1) is 5.92 Å². The molecule has 1 aromatic rings. The third-order valence-corrected chi connectivity index (χ3v) is 4.87. The van der Waals surface area contributed by atoms with Gasteiger partial charge in [-0.2, -0.15) is 0 Å². The van der Waals surface area contributed by atoms with Gasteiger partial charge in [0.1, 0.15) is 5.75 Å². The van der Waals surface area contributed by atoms with Gasteiger partial charge in [0.2, 0.25) is 11.8 Å². The molecule has 0 radical (unpaired) electrons. The maximum Gasteiger partial charge on any atom is 0.224 e. The second kappa shape index (κ2) is 7.02. The number of benzene rings is 1. The van der Waals surface area contributed by atoms with Crippen LogP contribution in [0.2, 0.25) is 0 Å². The van der Waals surface area contributed by atoms with Crippen molar-refractivity contribution >= 4 is 11.8 Å². The summed E-state index contributed by atoms with van der Waals surface area (Å²) >= 11 is 0. The topological polar surface area (TPSA) is 58.6 Å². The van der Waals surface area contributed by atoms with Crippen molar-refractivity contribution in [2.45, 2.75) is 38.1 Å². The molecule has 124 valence electrons. The Morgan fingerprint density at radius 3 is 2.65 bits per heavy atom. The Kier molecular flexibility index (Phi) is 4.84. The highest BCUT2D eigenvalue weighted by molar-refractivity contribution is 5.83. The van der Waals surface area contributed by atoms with E-state index in [1.165, 1.54) is 5.56 Å². The highest BCUT2D eigenvalue weighted by Crippen LogP contribution is 2.26. The maximum absolute atomic E-state index is 12.1. The molecule has 1 N–H and O–H groups in total. The lowest BCUT2D eigenvalue weighted by atomic mass is 9.84. The largest absolute Gasteiger partial charge is 0.497 e. The van der Waals surface area contributed by atoms with Crippen LogP contribution in [0.3, 0.4) is 0 Å². The summed E-state index contributed by atoms with van der Waals surface area (Å²) in [6.07, 6.45) is 4.39. The van der Waals surface area contributed by atoms with Gasteiger partial charge in [-0.25, -0.2) is 0 Å². The van der Waals surface area contributed by atoms with Crippen molar-refractivity contribution in [2.75, 3.05) is 20.2 Å². The van der Waals surface area contributed by atoms with Crippen molar-refractivity contribution in [3.05, 3.63) is 29.8 Å². The highest BCUT2D eigenvalue weighted by atomic mass is 16.5. The molecule has 0 unspecified atom stereocenters. The number of hydrogen-bond donors (Lipinski definition) is 1. The average Bonchev–Trinajstić information content (AvgIpc) is 2.83. The summed E-state index contributed by atoms with van der Waals surface area (Å²) in [7, 11) is 1.65. The standard InChI is InChI=1S/C18H24N2O3/c1-23-16-7-5-13(6-8-16)9-10-20-12-15(11-17(20)21)19-18(22)14-3-2-4-14/h5-8,14-15H,2-4,9-12H2,1H3,(H,19,22)/t15-/m1/s1. The van der Waals surface area contributed by atoms with Crippen LogP contribution in [0.15, 0.2) is 24.3 Å². The summed E-state index contributed by atoms with van der Waals surface area (Å²) in [5.41, 5.74) is 1.18. The van der Waals surface area contributed by atoms with E-state index in [0.29, 0.717) is 19.5 Å². The first kappa shape index (κ1) is 15.8. The van der Waals surface area contributed by atoms with Crippen molar-refractivity contribution in [2.24, 2.45) is 5.92 Å². The van der Waals surface area contributed by atoms with Gasteiger partial charge in [-0.15, -0.1) is 0 Å². The third kappa shape index (κ3) is 3.84. The number of likely N-dealkylation sites (tertiary alicyclic amines) is 1. The predicted molar refractivity (Wildman–Crippen MR) is 87.2 cm³/mol. The number of carbonyl (C=O) groups excluding carboxylic acids is 2. The van der Waals surface area contributed by atoms with E-state index in [-0.39, 0.29) is 23.8 Å².